The molecule has 2 atom stereocenters. The SMILES string of the molecule is C[C@H](Cc1cc(O)c(O)cc1Cl)[C@@H](C)Cc1cc(O)c(O)cc1Cl. The number of rotatable bonds is 5. The van der Waals surface area contributed by atoms with Crippen LogP contribution >= 0.6 is 23.2 Å². The number of benzene rings is 2. The highest BCUT2D eigenvalue weighted by molar-refractivity contribution is 6.31. The van der Waals surface area contributed by atoms with Gasteiger partial charge in [0.05, 0.1) is 0 Å². The highest BCUT2D eigenvalue weighted by atomic mass is 35.5. The van der Waals surface area contributed by atoms with Gasteiger partial charge in [0.1, 0.15) is 0 Å². The zero-order valence-corrected chi connectivity index (χ0v) is 14.9. The molecule has 0 radical (unpaired) electrons. The van der Waals surface area contributed by atoms with Gasteiger partial charge in [-0.25, -0.2) is 0 Å². The van der Waals surface area contributed by atoms with Crippen LogP contribution in [-0.4, -0.2) is 20.4 Å². The molecule has 130 valence electrons. The summed E-state index contributed by atoms with van der Waals surface area (Å²) in [4.78, 5) is 0. The monoisotopic (exact) mass is 370 g/mol. The molecule has 0 amide bonds. The molecule has 6 heteroatoms. The Kier molecular flexibility index (Phi) is 5.73. The Bertz CT molecular complexity index is 683. The third-order valence-electron chi connectivity index (χ3n) is 4.34. The number of phenolic OH excluding ortho intramolecular Hbond substituents is 4. The van der Waals surface area contributed by atoms with Crippen LogP contribution in [-0.2, 0) is 12.8 Å². The molecule has 0 heterocycles. The molecule has 2 aromatic rings. The fourth-order valence-corrected chi connectivity index (χ4v) is 3.07. The van der Waals surface area contributed by atoms with Crippen LogP contribution < -0.4 is 0 Å². The van der Waals surface area contributed by atoms with E-state index in [4.69, 9.17) is 23.2 Å². The fourth-order valence-electron chi connectivity index (χ4n) is 2.60. The molecule has 2 aromatic carbocycles. The van der Waals surface area contributed by atoms with E-state index in [1.165, 1.54) is 24.3 Å². The molecule has 0 unspecified atom stereocenters. The summed E-state index contributed by atoms with van der Waals surface area (Å²) >= 11 is 12.2. The van der Waals surface area contributed by atoms with Gasteiger partial charge in [-0.05, 0) is 47.9 Å². The Hall–Kier alpha value is -1.78. The van der Waals surface area contributed by atoms with Gasteiger partial charge in [-0.3, -0.25) is 0 Å². The maximum absolute atomic E-state index is 9.63. The third kappa shape index (κ3) is 4.19. The van der Waals surface area contributed by atoms with Gasteiger partial charge in [0, 0.05) is 22.2 Å². The van der Waals surface area contributed by atoms with Crippen molar-refractivity contribution in [3.63, 3.8) is 0 Å². The minimum atomic E-state index is -0.240. The number of hydrogen-bond donors (Lipinski definition) is 4. The quantitative estimate of drug-likeness (QED) is 0.565. The van der Waals surface area contributed by atoms with Crippen LogP contribution in [0.1, 0.15) is 25.0 Å². The van der Waals surface area contributed by atoms with Crippen molar-refractivity contribution in [2.75, 3.05) is 0 Å². The van der Waals surface area contributed by atoms with E-state index in [2.05, 4.69) is 13.8 Å². The van der Waals surface area contributed by atoms with Crippen molar-refractivity contribution in [2.45, 2.75) is 26.7 Å². The smallest absolute Gasteiger partial charge is 0.158 e. The summed E-state index contributed by atoms with van der Waals surface area (Å²) in [7, 11) is 0. The molecule has 0 aliphatic carbocycles. The van der Waals surface area contributed by atoms with Gasteiger partial charge < -0.3 is 20.4 Å². The van der Waals surface area contributed by atoms with Crippen LogP contribution in [0.25, 0.3) is 0 Å². The van der Waals surface area contributed by atoms with Crippen LogP contribution in [0.4, 0.5) is 0 Å². The van der Waals surface area contributed by atoms with Gasteiger partial charge in [0.15, 0.2) is 23.0 Å². The standard InChI is InChI=1S/C18H20Cl2O4/c1-9(3-11-5-15(21)17(23)7-13(11)19)10(2)4-12-6-16(22)18(24)8-14(12)20/h5-10,21-24H,3-4H2,1-2H3/t9-,10+. The summed E-state index contributed by atoms with van der Waals surface area (Å²) in [5.41, 5.74) is 1.51. The number of phenols is 4. The maximum Gasteiger partial charge on any atom is 0.158 e. The molecule has 0 spiro atoms. The van der Waals surface area contributed by atoms with Gasteiger partial charge in [0.2, 0.25) is 0 Å². The largest absolute Gasteiger partial charge is 0.504 e. The molecule has 0 saturated heterocycles. The molecule has 0 aromatic heterocycles. The molecular formula is C18H20Cl2O4. The van der Waals surface area contributed by atoms with E-state index in [-0.39, 0.29) is 34.8 Å². The van der Waals surface area contributed by atoms with Crippen molar-refractivity contribution in [2.24, 2.45) is 11.8 Å². The molecule has 2 rings (SSSR count). The molecular weight excluding hydrogens is 351 g/mol. The molecule has 0 fully saturated rings. The summed E-state index contributed by atoms with van der Waals surface area (Å²) < 4.78 is 0. The van der Waals surface area contributed by atoms with Crippen LogP contribution in [0.3, 0.4) is 0 Å². The zero-order valence-electron chi connectivity index (χ0n) is 13.4. The summed E-state index contributed by atoms with van der Waals surface area (Å²) in [6.07, 6.45) is 1.24. The number of halogens is 2. The third-order valence-corrected chi connectivity index (χ3v) is 5.05. The predicted octanol–water partition coefficient (Wildman–Crippen LogP) is 4.87. The fraction of sp³-hybridized carbons (Fsp3) is 0.333. The first kappa shape index (κ1) is 18.6. The topological polar surface area (TPSA) is 80.9 Å². The van der Waals surface area contributed by atoms with Crippen molar-refractivity contribution < 1.29 is 20.4 Å². The molecule has 24 heavy (non-hydrogen) atoms. The molecule has 4 N–H and O–H groups in total. The van der Waals surface area contributed by atoms with Gasteiger partial charge in [-0.1, -0.05) is 37.0 Å². The van der Waals surface area contributed by atoms with E-state index >= 15 is 0 Å². The van der Waals surface area contributed by atoms with Crippen LogP contribution in [0.2, 0.25) is 10.0 Å². The second-order valence-electron chi connectivity index (χ2n) is 6.23. The van der Waals surface area contributed by atoms with Crippen molar-refractivity contribution in [3.05, 3.63) is 45.4 Å². The first-order valence-electron chi connectivity index (χ1n) is 7.59. The van der Waals surface area contributed by atoms with Crippen molar-refractivity contribution in [3.8, 4) is 23.0 Å². The molecule has 0 bridgehead atoms. The minimum absolute atomic E-state index is 0.194. The average Bonchev–Trinajstić information content (AvgIpc) is 2.50. The highest BCUT2D eigenvalue weighted by Gasteiger charge is 2.18. The lowest BCUT2D eigenvalue weighted by Gasteiger charge is -2.21. The summed E-state index contributed by atoms with van der Waals surface area (Å²) in [6.45, 7) is 4.11. The summed E-state index contributed by atoms with van der Waals surface area (Å²) in [5, 5.41) is 39.0. The summed E-state index contributed by atoms with van der Waals surface area (Å²) in [6, 6.07) is 5.61. The van der Waals surface area contributed by atoms with E-state index in [9.17, 15) is 20.4 Å². The van der Waals surface area contributed by atoms with Gasteiger partial charge in [-0.15, -0.1) is 0 Å². The first-order chi connectivity index (χ1) is 11.2. The lowest BCUT2D eigenvalue weighted by atomic mass is 9.85. The normalized spacial score (nSPS) is 13.7. The highest BCUT2D eigenvalue weighted by Crippen LogP contribution is 2.36. The van der Waals surface area contributed by atoms with Gasteiger partial charge in [-0.2, -0.15) is 0 Å². The maximum atomic E-state index is 9.63. The summed E-state index contributed by atoms with van der Waals surface area (Å²) in [5.74, 6) is -0.454. The van der Waals surface area contributed by atoms with Gasteiger partial charge in [0.25, 0.3) is 0 Å². The van der Waals surface area contributed by atoms with E-state index in [0.29, 0.717) is 22.9 Å². The predicted molar refractivity (Wildman–Crippen MR) is 95.3 cm³/mol. The molecule has 4 nitrogen and oxygen atoms in total. The van der Waals surface area contributed by atoms with E-state index in [1.807, 2.05) is 0 Å². The average molecular weight is 371 g/mol. The van der Waals surface area contributed by atoms with E-state index in [0.717, 1.165) is 11.1 Å². The van der Waals surface area contributed by atoms with Crippen LogP contribution in [0.15, 0.2) is 24.3 Å². The molecule has 0 saturated carbocycles. The lowest BCUT2D eigenvalue weighted by Crippen LogP contribution is -2.14. The van der Waals surface area contributed by atoms with Crippen LogP contribution in [0, 0.1) is 11.8 Å². The van der Waals surface area contributed by atoms with Crippen molar-refractivity contribution in [1.82, 2.24) is 0 Å². The Labute approximate surface area is 150 Å². The Morgan fingerprint density at radius 2 is 0.958 bits per heavy atom. The van der Waals surface area contributed by atoms with Crippen LogP contribution in [0.5, 0.6) is 23.0 Å². The second-order valence-corrected chi connectivity index (χ2v) is 7.04. The lowest BCUT2D eigenvalue weighted by molar-refractivity contribution is 0.377. The number of hydrogen-bond acceptors (Lipinski definition) is 4. The Balaban J connectivity index is 2.12. The Morgan fingerprint density at radius 3 is 1.29 bits per heavy atom. The first-order valence-corrected chi connectivity index (χ1v) is 8.35. The minimum Gasteiger partial charge on any atom is -0.504 e. The molecule has 0 aliphatic rings. The zero-order chi connectivity index (χ0) is 18.0. The Morgan fingerprint density at radius 1 is 0.667 bits per heavy atom. The molecule has 0 aliphatic heterocycles. The second kappa shape index (κ2) is 7.41. The van der Waals surface area contributed by atoms with Crippen molar-refractivity contribution >= 4 is 23.2 Å². The van der Waals surface area contributed by atoms with E-state index in [1.54, 1.807) is 0 Å². The van der Waals surface area contributed by atoms with Gasteiger partial charge >= 0.3 is 0 Å². The van der Waals surface area contributed by atoms with Crippen molar-refractivity contribution in [1.29, 1.82) is 0 Å². The van der Waals surface area contributed by atoms with E-state index < -0.39 is 0 Å². The number of aromatic hydroxyl groups is 4.